The fraction of sp³-hybridized carbons (Fsp3) is 0.852. The van der Waals surface area contributed by atoms with Crippen LogP contribution in [0.25, 0.3) is 0 Å². The molecule has 0 aromatic carbocycles. The highest BCUT2D eigenvalue weighted by atomic mass is 32.2. The van der Waals surface area contributed by atoms with Crippen LogP contribution in [-0.2, 0) is 23.9 Å². The van der Waals surface area contributed by atoms with Crippen LogP contribution in [0.5, 0.6) is 0 Å². The summed E-state index contributed by atoms with van der Waals surface area (Å²) in [5, 5.41) is 15.3. The molecule has 12 nitrogen and oxygen atoms in total. The van der Waals surface area contributed by atoms with Crippen LogP contribution < -0.4 is 32.5 Å². The van der Waals surface area contributed by atoms with Gasteiger partial charge in [0.15, 0.2) is 5.78 Å². The maximum absolute atomic E-state index is 13.0. The largest absolute Gasteiger partial charge is 0.378 e. The first-order valence-electron chi connectivity index (χ1n) is 15.2. The second-order valence-corrected chi connectivity index (χ2v) is 13.7. The molecule has 6 fully saturated rings. The summed E-state index contributed by atoms with van der Waals surface area (Å²) < 4.78 is 11.5. The van der Waals surface area contributed by atoms with Gasteiger partial charge in [-0.1, -0.05) is 6.42 Å². The highest BCUT2D eigenvalue weighted by Crippen LogP contribution is 2.44. The number of carbonyl (C=O) groups is 2. The van der Waals surface area contributed by atoms with Crippen LogP contribution in [-0.4, -0.2) is 104 Å². The third-order valence-corrected chi connectivity index (χ3v) is 11.5. The van der Waals surface area contributed by atoms with Gasteiger partial charge in [-0.05, 0) is 25.2 Å². The van der Waals surface area contributed by atoms with E-state index in [1.54, 1.807) is 17.8 Å². The molecular weight excluding hydrogens is 534 g/mol. The minimum Gasteiger partial charge on any atom is -0.378 e. The molecule has 5 saturated heterocycles. The van der Waals surface area contributed by atoms with Crippen molar-refractivity contribution < 1.29 is 29.6 Å². The molecule has 7 rings (SSSR count). The number of nitrogens with one attached hydrogen (secondary N) is 5. The van der Waals surface area contributed by atoms with E-state index in [2.05, 4.69) is 37.4 Å². The Bertz CT molecular complexity index is 998. The molecule has 6 heterocycles. The molecule has 0 bridgehead atoms. The number of amides is 1. The smallest absolute Gasteiger partial charge is 0.226 e. The highest BCUT2D eigenvalue weighted by Gasteiger charge is 2.51. The number of hydroxylamine groups is 1. The Morgan fingerprint density at radius 1 is 1.10 bits per heavy atom. The van der Waals surface area contributed by atoms with E-state index in [0.29, 0.717) is 31.9 Å². The van der Waals surface area contributed by atoms with Crippen molar-refractivity contribution >= 4 is 23.5 Å². The van der Waals surface area contributed by atoms with Crippen molar-refractivity contribution in [1.82, 2.24) is 31.6 Å². The first-order chi connectivity index (χ1) is 19.5. The van der Waals surface area contributed by atoms with E-state index >= 15 is 0 Å². The topological polar surface area (TPSA) is 153 Å². The molecule has 1 amide bonds. The number of fused-ring (bicyclic) bond motifs is 2. The van der Waals surface area contributed by atoms with Crippen molar-refractivity contribution in [3.05, 3.63) is 11.1 Å². The van der Waals surface area contributed by atoms with E-state index in [1.165, 1.54) is 19.3 Å². The Hall–Kier alpha value is -1.29. The standard InChI is InChI=1S/C27H43N7O5S/c28-16-3-1-2-4-17(16)30-20-9-14-12-29-27(36)23(14)26(31-20)32-21-10-18(33-39-21)15-13-38-24-19(35)11-22(40-25(15)24)34-5-7-37-8-6-34/h11,14-18,20-21,23-26,30-33H,1-10,12-13,28H2,(H,29,36)/p+1/t14?,15?,16-,17+,18?,20?,21?,23?,24?,25?,26?/m1/s1. The minimum absolute atomic E-state index is 0.0488. The van der Waals surface area contributed by atoms with Gasteiger partial charge in [0.2, 0.25) is 5.91 Å². The lowest BCUT2D eigenvalue weighted by molar-refractivity contribution is -0.431. The molecule has 40 heavy (non-hydrogen) atoms. The molecule has 11 atom stereocenters. The Balaban J connectivity index is 0.985. The van der Waals surface area contributed by atoms with E-state index in [-0.39, 0.29) is 59.3 Å². The predicted octanol–water partition coefficient (Wildman–Crippen LogP) is -1.78. The molecule has 0 radical (unpaired) electrons. The fourth-order valence-corrected chi connectivity index (χ4v) is 9.32. The van der Waals surface area contributed by atoms with Crippen LogP contribution in [0.2, 0.25) is 0 Å². The second-order valence-electron chi connectivity index (χ2n) is 12.5. The van der Waals surface area contributed by atoms with Gasteiger partial charge in [-0.3, -0.25) is 30.4 Å². The Morgan fingerprint density at radius 3 is 2.80 bits per heavy atom. The third kappa shape index (κ3) is 5.45. The summed E-state index contributed by atoms with van der Waals surface area (Å²) in [5.41, 5.74) is 7.65. The number of piperidine rings is 1. The number of rotatable bonds is 6. The van der Waals surface area contributed by atoms with Crippen molar-refractivity contribution in [2.45, 2.75) is 86.6 Å². The highest BCUT2D eigenvalue weighted by molar-refractivity contribution is 8.03. The Morgan fingerprint density at radius 2 is 1.95 bits per heavy atom. The van der Waals surface area contributed by atoms with Crippen LogP contribution in [0.3, 0.4) is 0 Å². The number of quaternary nitrogens is 1. The molecule has 0 spiro atoms. The molecule has 9 unspecified atom stereocenters. The van der Waals surface area contributed by atoms with Crippen molar-refractivity contribution in [2.24, 2.45) is 17.8 Å². The van der Waals surface area contributed by atoms with Crippen LogP contribution in [0.4, 0.5) is 0 Å². The third-order valence-electron chi connectivity index (χ3n) is 9.98. The summed E-state index contributed by atoms with van der Waals surface area (Å²) in [6, 6.07) is 0.883. The molecule has 8 N–H and O–H groups in total. The van der Waals surface area contributed by atoms with Crippen molar-refractivity contribution in [3.63, 3.8) is 0 Å². The zero-order valence-corrected chi connectivity index (χ0v) is 23.8. The van der Waals surface area contributed by atoms with Crippen molar-refractivity contribution in [1.29, 1.82) is 0 Å². The van der Waals surface area contributed by atoms with Gasteiger partial charge in [-0.15, -0.1) is 11.8 Å². The number of thioether (sulfide) groups is 1. The first-order valence-corrected chi connectivity index (χ1v) is 16.1. The SMILES string of the molecule is [NH3+][C@@H]1CCCC[C@@H]1NC1CC2CNC(=O)C2C(NC2CC(C3COC4C(=O)C=C(N5CCOCC5)SC43)NO2)N1. The number of ketones is 1. The fourth-order valence-electron chi connectivity index (χ4n) is 7.74. The molecular formula is C27H44N7O5S+. The average molecular weight is 579 g/mol. The molecule has 0 aromatic rings. The van der Waals surface area contributed by atoms with Crippen LogP contribution in [0.15, 0.2) is 11.1 Å². The van der Waals surface area contributed by atoms with E-state index < -0.39 is 6.10 Å². The molecule has 7 aliphatic rings. The van der Waals surface area contributed by atoms with Gasteiger partial charge >= 0.3 is 0 Å². The van der Waals surface area contributed by atoms with Gasteiger partial charge < -0.3 is 25.4 Å². The van der Waals surface area contributed by atoms with E-state index in [9.17, 15) is 9.59 Å². The summed E-state index contributed by atoms with van der Waals surface area (Å²) in [7, 11) is 0. The predicted molar refractivity (Wildman–Crippen MR) is 147 cm³/mol. The maximum atomic E-state index is 13.0. The second kappa shape index (κ2) is 11.8. The summed E-state index contributed by atoms with van der Waals surface area (Å²) >= 11 is 1.76. The number of hydrogen-bond acceptors (Lipinski definition) is 11. The molecule has 222 valence electrons. The number of nitrogens with zero attached hydrogens (tertiary/aromatic N) is 1. The summed E-state index contributed by atoms with van der Waals surface area (Å²) in [6.45, 7) is 4.24. The van der Waals surface area contributed by atoms with E-state index in [0.717, 1.165) is 43.9 Å². The Kier molecular flexibility index (Phi) is 8.10. The van der Waals surface area contributed by atoms with Crippen molar-refractivity contribution in [2.75, 3.05) is 39.5 Å². The molecule has 1 aliphatic carbocycles. The Labute approximate surface area is 239 Å². The van der Waals surface area contributed by atoms with Crippen LogP contribution in [0.1, 0.15) is 38.5 Å². The first kappa shape index (κ1) is 27.5. The minimum atomic E-state index is -0.403. The lowest BCUT2D eigenvalue weighted by Crippen LogP contribution is -2.73. The monoisotopic (exact) mass is 578 g/mol. The van der Waals surface area contributed by atoms with Gasteiger partial charge in [0.1, 0.15) is 12.3 Å². The van der Waals surface area contributed by atoms with E-state index in [4.69, 9.17) is 14.3 Å². The normalized spacial score (nSPS) is 45.7. The molecule has 6 aliphatic heterocycles. The zero-order chi connectivity index (χ0) is 27.2. The van der Waals surface area contributed by atoms with Gasteiger partial charge in [-0.25, -0.2) is 0 Å². The summed E-state index contributed by atoms with van der Waals surface area (Å²) in [5.74, 6) is 0.462. The number of morpholine rings is 1. The van der Waals surface area contributed by atoms with Crippen molar-refractivity contribution in [3.8, 4) is 0 Å². The quantitative estimate of drug-likeness (QED) is 0.212. The van der Waals surface area contributed by atoms with Gasteiger partial charge in [0, 0.05) is 50.5 Å². The summed E-state index contributed by atoms with van der Waals surface area (Å²) in [4.78, 5) is 34.1. The zero-order valence-electron chi connectivity index (χ0n) is 23.0. The number of ether oxygens (including phenoxy) is 2. The van der Waals surface area contributed by atoms with Gasteiger partial charge in [-0.2, -0.15) is 5.48 Å². The number of hydrogen-bond donors (Lipinski definition) is 6. The number of carbonyl (C=O) groups excluding carboxylic acids is 2. The average Bonchev–Trinajstić information content (AvgIpc) is 3.69. The molecule has 0 aromatic heterocycles. The van der Waals surface area contributed by atoms with Crippen LogP contribution >= 0.6 is 11.8 Å². The lowest BCUT2D eigenvalue weighted by Gasteiger charge is -2.42. The lowest BCUT2D eigenvalue weighted by atomic mass is 9.83. The van der Waals surface area contributed by atoms with Gasteiger partial charge in [0.25, 0.3) is 0 Å². The maximum Gasteiger partial charge on any atom is 0.226 e. The van der Waals surface area contributed by atoms with Crippen LogP contribution in [0, 0.1) is 17.8 Å². The van der Waals surface area contributed by atoms with Gasteiger partial charge in [0.05, 0.1) is 60.4 Å². The molecule has 1 saturated carbocycles. The van der Waals surface area contributed by atoms with E-state index in [1.807, 2.05) is 0 Å². The molecule has 13 heteroatoms. The summed E-state index contributed by atoms with van der Waals surface area (Å²) in [6.07, 6.45) is 7.53.